The lowest BCUT2D eigenvalue weighted by Crippen LogP contribution is -2.18. The lowest BCUT2D eigenvalue weighted by Gasteiger charge is -2.18. The summed E-state index contributed by atoms with van der Waals surface area (Å²) in [5, 5.41) is 3.12. The predicted molar refractivity (Wildman–Crippen MR) is 71.7 cm³/mol. The highest BCUT2D eigenvalue weighted by Crippen LogP contribution is 2.24. The second-order valence-electron chi connectivity index (χ2n) is 4.81. The Balaban J connectivity index is 2.72. The van der Waals surface area contributed by atoms with Gasteiger partial charge in [0, 0.05) is 17.7 Å². The quantitative estimate of drug-likeness (QED) is 0.707. The van der Waals surface area contributed by atoms with E-state index in [0.29, 0.717) is 11.1 Å². The summed E-state index contributed by atoms with van der Waals surface area (Å²) in [6.45, 7) is 3.83. The molecule has 1 aromatic rings. The van der Waals surface area contributed by atoms with Crippen LogP contribution in [-0.2, 0) is 0 Å². The van der Waals surface area contributed by atoms with Crippen molar-refractivity contribution in [3.05, 3.63) is 34.9 Å². The van der Waals surface area contributed by atoms with E-state index < -0.39 is 11.6 Å². The van der Waals surface area contributed by atoms with E-state index in [-0.39, 0.29) is 6.04 Å². The number of rotatable bonds is 7. The first-order valence-electron chi connectivity index (χ1n) is 6.73. The van der Waals surface area contributed by atoms with Gasteiger partial charge in [-0.05, 0) is 32.0 Å². The van der Waals surface area contributed by atoms with Crippen LogP contribution in [0.2, 0.25) is 0 Å². The first-order chi connectivity index (χ1) is 8.60. The molecule has 0 saturated carbocycles. The molecule has 0 radical (unpaired) electrons. The summed E-state index contributed by atoms with van der Waals surface area (Å²) in [4.78, 5) is 0. The van der Waals surface area contributed by atoms with Crippen LogP contribution in [0, 0.1) is 18.6 Å². The van der Waals surface area contributed by atoms with Gasteiger partial charge in [-0.2, -0.15) is 0 Å². The van der Waals surface area contributed by atoms with Gasteiger partial charge in [-0.1, -0.05) is 32.6 Å². The number of benzene rings is 1. The first-order valence-corrected chi connectivity index (χ1v) is 6.73. The van der Waals surface area contributed by atoms with Gasteiger partial charge in [0.25, 0.3) is 0 Å². The highest BCUT2D eigenvalue weighted by Gasteiger charge is 2.15. The van der Waals surface area contributed by atoms with E-state index in [4.69, 9.17) is 0 Å². The van der Waals surface area contributed by atoms with Gasteiger partial charge >= 0.3 is 0 Å². The van der Waals surface area contributed by atoms with Crippen LogP contribution < -0.4 is 5.32 Å². The minimum absolute atomic E-state index is 0.0267. The minimum Gasteiger partial charge on any atom is -0.313 e. The van der Waals surface area contributed by atoms with Crippen molar-refractivity contribution in [2.45, 2.75) is 52.0 Å². The third-order valence-electron chi connectivity index (χ3n) is 3.35. The molecule has 1 nitrogen and oxygen atoms in total. The van der Waals surface area contributed by atoms with Crippen LogP contribution in [0.4, 0.5) is 8.78 Å². The minimum atomic E-state index is -0.475. The van der Waals surface area contributed by atoms with Crippen molar-refractivity contribution in [1.82, 2.24) is 5.32 Å². The van der Waals surface area contributed by atoms with Crippen molar-refractivity contribution in [2.75, 3.05) is 7.05 Å². The highest BCUT2D eigenvalue weighted by atomic mass is 19.1. The van der Waals surface area contributed by atoms with Gasteiger partial charge in [-0.15, -0.1) is 0 Å². The Hall–Kier alpha value is -0.960. The normalized spacial score (nSPS) is 12.7. The molecule has 0 fully saturated rings. The summed E-state index contributed by atoms with van der Waals surface area (Å²) in [6.07, 6.45) is 5.51. The van der Waals surface area contributed by atoms with Gasteiger partial charge in [0.1, 0.15) is 11.6 Å². The van der Waals surface area contributed by atoms with Crippen LogP contribution in [0.15, 0.2) is 12.1 Å². The maximum atomic E-state index is 13.8. The van der Waals surface area contributed by atoms with Crippen LogP contribution in [0.3, 0.4) is 0 Å². The van der Waals surface area contributed by atoms with Gasteiger partial charge < -0.3 is 5.32 Å². The lowest BCUT2D eigenvalue weighted by molar-refractivity contribution is 0.475. The van der Waals surface area contributed by atoms with E-state index >= 15 is 0 Å². The molecule has 0 amide bonds. The molecular weight excluding hydrogens is 232 g/mol. The van der Waals surface area contributed by atoms with Crippen molar-refractivity contribution < 1.29 is 8.78 Å². The molecule has 0 aliphatic heterocycles. The Morgan fingerprint density at radius 3 is 2.44 bits per heavy atom. The molecule has 0 bridgehead atoms. The van der Waals surface area contributed by atoms with Gasteiger partial charge in [-0.25, -0.2) is 8.78 Å². The molecule has 1 aromatic carbocycles. The van der Waals surface area contributed by atoms with E-state index in [2.05, 4.69) is 12.2 Å². The molecule has 1 rings (SSSR count). The topological polar surface area (TPSA) is 12.0 Å². The number of nitrogens with one attached hydrogen (secondary N) is 1. The number of halogens is 2. The molecule has 0 aliphatic carbocycles. The maximum Gasteiger partial charge on any atom is 0.130 e. The highest BCUT2D eigenvalue weighted by molar-refractivity contribution is 5.28. The second kappa shape index (κ2) is 7.47. The molecule has 0 saturated heterocycles. The molecular formula is C15H23F2N. The summed E-state index contributed by atoms with van der Waals surface area (Å²) in [7, 11) is 1.82. The fourth-order valence-corrected chi connectivity index (χ4v) is 2.18. The zero-order valence-corrected chi connectivity index (χ0v) is 11.5. The lowest BCUT2D eigenvalue weighted by atomic mass is 9.98. The molecule has 1 unspecified atom stereocenters. The van der Waals surface area contributed by atoms with Crippen LogP contribution >= 0.6 is 0 Å². The van der Waals surface area contributed by atoms with Crippen molar-refractivity contribution in [2.24, 2.45) is 0 Å². The van der Waals surface area contributed by atoms with Gasteiger partial charge in [0.05, 0.1) is 0 Å². The summed E-state index contributed by atoms with van der Waals surface area (Å²) in [6, 6.07) is 2.58. The average Bonchev–Trinajstić information content (AvgIpc) is 2.35. The van der Waals surface area contributed by atoms with Crippen molar-refractivity contribution >= 4 is 0 Å². The van der Waals surface area contributed by atoms with E-state index in [1.807, 2.05) is 7.05 Å². The number of hydrogen-bond acceptors (Lipinski definition) is 1. The Labute approximate surface area is 109 Å². The smallest absolute Gasteiger partial charge is 0.130 e. The van der Waals surface area contributed by atoms with E-state index in [0.717, 1.165) is 25.3 Å². The molecule has 0 spiro atoms. The van der Waals surface area contributed by atoms with Crippen LogP contribution in [0.5, 0.6) is 0 Å². The summed E-state index contributed by atoms with van der Waals surface area (Å²) < 4.78 is 27.0. The number of hydrogen-bond donors (Lipinski definition) is 1. The molecule has 102 valence electrons. The summed E-state index contributed by atoms with van der Waals surface area (Å²) >= 11 is 0. The van der Waals surface area contributed by atoms with Crippen molar-refractivity contribution in [3.8, 4) is 0 Å². The fourth-order valence-electron chi connectivity index (χ4n) is 2.18. The Kier molecular flexibility index (Phi) is 6.27. The van der Waals surface area contributed by atoms with Crippen molar-refractivity contribution in [1.29, 1.82) is 0 Å². The fraction of sp³-hybridized carbons (Fsp3) is 0.600. The zero-order chi connectivity index (χ0) is 13.5. The molecule has 1 atom stereocenters. The average molecular weight is 255 g/mol. The van der Waals surface area contributed by atoms with E-state index in [1.54, 1.807) is 13.0 Å². The summed E-state index contributed by atoms with van der Waals surface area (Å²) in [5.74, 6) is -0.926. The number of aryl methyl sites for hydroxylation is 1. The summed E-state index contributed by atoms with van der Waals surface area (Å²) in [5.41, 5.74) is 1.08. The van der Waals surface area contributed by atoms with E-state index in [1.165, 1.54) is 12.8 Å². The first kappa shape index (κ1) is 15.1. The Morgan fingerprint density at radius 2 is 1.83 bits per heavy atom. The van der Waals surface area contributed by atoms with Crippen LogP contribution in [0.25, 0.3) is 0 Å². The van der Waals surface area contributed by atoms with Gasteiger partial charge in [-0.3, -0.25) is 0 Å². The second-order valence-corrected chi connectivity index (χ2v) is 4.81. The van der Waals surface area contributed by atoms with Crippen LogP contribution in [0.1, 0.15) is 56.2 Å². The molecule has 3 heteroatoms. The predicted octanol–water partition coefficient (Wildman–Crippen LogP) is 4.50. The monoisotopic (exact) mass is 255 g/mol. The largest absolute Gasteiger partial charge is 0.313 e. The van der Waals surface area contributed by atoms with Gasteiger partial charge in [0.15, 0.2) is 0 Å². The van der Waals surface area contributed by atoms with Crippen LogP contribution in [-0.4, -0.2) is 7.05 Å². The molecule has 0 heterocycles. The SMILES string of the molecule is CCCCCCC(NC)c1cc(C)c(F)cc1F. The van der Waals surface area contributed by atoms with Gasteiger partial charge in [0.2, 0.25) is 0 Å². The third kappa shape index (κ3) is 4.05. The molecule has 1 N–H and O–H groups in total. The Bertz CT molecular complexity index is 377. The third-order valence-corrected chi connectivity index (χ3v) is 3.35. The molecule has 0 aliphatic rings. The zero-order valence-electron chi connectivity index (χ0n) is 11.5. The van der Waals surface area contributed by atoms with Crippen molar-refractivity contribution in [3.63, 3.8) is 0 Å². The molecule has 0 aromatic heterocycles. The standard InChI is InChI=1S/C15H23F2N/c1-4-5-6-7-8-15(18-3)12-9-11(2)13(16)10-14(12)17/h9-10,15,18H,4-8H2,1-3H3. The Morgan fingerprint density at radius 1 is 1.11 bits per heavy atom. The maximum absolute atomic E-state index is 13.8. The number of unbranched alkanes of at least 4 members (excludes halogenated alkanes) is 3. The van der Waals surface area contributed by atoms with E-state index in [9.17, 15) is 8.78 Å². The molecule has 18 heavy (non-hydrogen) atoms.